The molecule has 1 aliphatic heterocycles. The molecule has 128 valence electrons. The summed E-state index contributed by atoms with van der Waals surface area (Å²) in [4.78, 5) is 36.9. The number of anilines is 1. The molecule has 0 bridgehead atoms. The van der Waals surface area contributed by atoms with Gasteiger partial charge < -0.3 is 5.32 Å². The molecule has 3 amide bonds. The van der Waals surface area contributed by atoms with Crippen molar-refractivity contribution >= 4 is 23.4 Å². The van der Waals surface area contributed by atoms with E-state index in [2.05, 4.69) is 12.2 Å². The Bertz CT molecular complexity index is 768. The standard InChI is InChI=1S/C20H20N2O3/c1-14(15-5-3-2-4-6-15)13-21-20(25)16-7-9-17(10-8-16)22-18(23)11-12-19(22)24/h2-10,14H,11-13H2,1H3,(H,21,25). The van der Waals surface area contributed by atoms with Gasteiger partial charge in [-0.15, -0.1) is 0 Å². The highest BCUT2D eigenvalue weighted by atomic mass is 16.2. The summed E-state index contributed by atoms with van der Waals surface area (Å²) < 4.78 is 0. The minimum absolute atomic E-state index is 0.173. The number of imide groups is 1. The summed E-state index contributed by atoms with van der Waals surface area (Å²) >= 11 is 0. The second kappa shape index (κ2) is 7.30. The first-order valence-electron chi connectivity index (χ1n) is 8.35. The lowest BCUT2D eigenvalue weighted by Crippen LogP contribution is -2.29. The first-order chi connectivity index (χ1) is 12.1. The van der Waals surface area contributed by atoms with Gasteiger partial charge in [0.1, 0.15) is 0 Å². The van der Waals surface area contributed by atoms with Crippen molar-refractivity contribution < 1.29 is 14.4 Å². The van der Waals surface area contributed by atoms with E-state index in [9.17, 15) is 14.4 Å². The highest BCUT2D eigenvalue weighted by Gasteiger charge is 2.30. The van der Waals surface area contributed by atoms with Crippen molar-refractivity contribution in [3.05, 3.63) is 65.7 Å². The van der Waals surface area contributed by atoms with Gasteiger partial charge in [-0.25, -0.2) is 0 Å². The molecule has 5 heteroatoms. The van der Waals surface area contributed by atoms with Gasteiger partial charge in [-0.3, -0.25) is 19.3 Å². The van der Waals surface area contributed by atoms with E-state index in [1.807, 2.05) is 30.3 Å². The first kappa shape index (κ1) is 16.9. The fourth-order valence-corrected chi connectivity index (χ4v) is 2.87. The smallest absolute Gasteiger partial charge is 0.251 e. The van der Waals surface area contributed by atoms with Crippen LogP contribution in [0.15, 0.2) is 54.6 Å². The van der Waals surface area contributed by atoms with E-state index < -0.39 is 0 Å². The summed E-state index contributed by atoms with van der Waals surface area (Å²) in [7, 11) is 0. The largest absolute Gasteiger partial charge is 0.351 e. The molecule has 5 nitrogen and oxygen atoms in total. The average Bonchev–Trinajstić information content (AvgIpc) is 2.98. The zero-order chi connectivity index (χ0) is 17.8. The highest BCUT2D eigenvalue weighted by molar-refractivity contribution is 6.19. The van der Waals surface area contributed by atoms with Gasteiger partial charge in [0, 0.05) is 24.9 Å². The van der Waals surface area contributed by atoms with Gasteiger partial charge >= 0.3 is 0 Å². The number of amides is 3. The quantitative estimate of drug-likeness (QED) is 0.854. The van der Waals surface area contributed by atoms with Gasteiger partial charge in [0.25, 0.3) is 5.91 Å². The molecule has 0 aromatic heterocycles. The molecule has 1 aliphatic rings. The second-order valence-corrected chi connectivity index (χ2v) is 6.19. The van der Waals surface area contributed by atoms with Crippen LogP contribution >= 0.6 is 0 Å². The van der Waals surface area contributed by atoms with Crippen molar-refractivity contribution in [1.82, 2.24) is 5.32 Å². The Morgan fingerprint density at radius 1 is 1.00 bits per heavy atom. The molecule has 2 aromatic carbocycles. The third-order valence-electron chi connectivity index (χ3n) is 4.38. The third-order valence-corrected chi connectivity index (χ3v) is 4.38. The average molecular weight is 336 g/mol. The molecule has 1 saturated heterocycles. The first-order valence-corrected chi connectivity index (χ1v) is 8.35. The fourth-order valence-electron chi connectivity index (χ4n) is 2.87. The molecule has 0 radical (unpaired) electrons. The molecule has 25 heavy (non-hydrogen) atoms. The molecule has 0 saturated carbocycles. The summed E-state index contributed by atoms with van der Waals surface area (Å²) in [6.07, 6.45) is 0.497. The van der Waals surface area contributed by atoms with Gasteiger partial charge in [0.05, 0.1) is 5.69 Å². The maximum Gasteiger partial charge on any atom is 0.251 e. The molecule has 0 spiro atoms. The number of hydrogen-bond donors (Lipinski definition) is 1. The number of benzene rings is 2. The van der Waals surface area contributed by atoms with Crippen LogP contribution in [0.3, 0.4) is 0 Å². The zero-order valence-electron chi connectivity index (χ0n) is 14.1. The van der Waals surface area contributed by atoms with E-state index in [0.717, 1.165) is 0 Å². The van der Waals surface area contributed by atoms with Crippen LogP contribution in [0, 0.1) is 0 Å². The molecular formula is C20H20N2O3. The maximum absolute atomic E-state index is 12.3. The van der Waals surface area contributed by atoms with Crippen LogP contribution in [0.1, 0.15) is 41.6 Å². The Balaban J connectivity index is 1.61. The molecule has 2 aromatic rings. The summed E-state index contributed by atoms with van der Waals surface area (Å²) in [5, 5.41) is 2.92. The lowest BCUT2D eigenvalue weighted by molar-refractivity contribution is -0.121. The predicted molar refractivity (Wildman–Crippen MR) is 95.4 cm³/mol. The predicted octanol–water partition coefficient (Wildman–Crippen LogP) is 2.87. The monoisotopic (exact) mass is 336 g/mol. The van der Waals surface area contributed by atoms with Crippen LogP contribution in [0.5, 0.6) is 0 Å². The molecule has 1 N–H and O–H groups in total. The van der Waals surface area contributed by atoms with Gasteiger partial charge in [0.2, 0.25) is 11.8 Å². The summed E-state index contributed by atoms with van der Waals surface area (Å²) in [5.41, 5.74) is 2.19. The number of carbonyl (C=O) groups is 3. The molecule has 0 aliphatic carbocycles. The minimum Gasteiger partial charge on any atom is -0.351 e. The molecule has 1 atom stereocenters. The second-order valence-electron chi connectivity index (χ2n) is 6.19. The van der Waals surface area contributed by atoms with Crippen LogP contribution in [-0.2, 0) is 9.59 Å². The topological polar surface area (TPSA) is 66.5 Å². The van der Waals surface area contributed by atoms with Crippen LogP contribution < -0.4 is 10.2 Å². The zero-order valence-corrected chi connectivity index (χ0v) is 14.1. The van der Waals surface area contributed by atoms with Crippen molar-refractivity contribution in [1.29, 1.82) is 0 Å². The van der Waals surface area contributed by atoms with E-state index >= 15 is 0 Å². The normalized spacial score (nSPS) is 15.3. The van der Waals surface area contributed by atoms with Gasteiger partial charge in [-0.2, -0.15) is 0 Å². The number of nitrogens with zero attached hydrogens (tertiary/aromatic N) is 1. The van der Waals surface area contributed by atoms with Crippen LogP contribution in [0.4, 0.5) is 5.69 Å². The van der Waals surface area contributed by atoms with E-state index in [1.165, 1.54) is 10.5 Å². The Morgan fingerprint density at radius 3 is 2.20 bits per heavy atom. The summed E-state index contributed by atoms with van der Waals surface area (Å²) in [5.74, 6) is -0.351. The molecule has 1 fully saturated rings. The highest BCUT2D eigenvalue weighted by Crippen LogP contribution is 2.22. The molecule has 3 rings (SSSR count). The lowest BCUT2D eigenvalue weighted by atomic mass is 10.0. The van der Waals surface area contributed by atoms with E-state index in [-0.39, 0.29) is 36.5 Å². The Morgan fingerprint density at radius 2 is 1.60 bits per heavy atom. The Hall–Kier alpha value is -2.95. The Labute approximate surface area is 146 Å². The Kier molecular flexibility index (Phi) is 4.93. The molecule has 1 unspecified atom stereocenters. The van der Waals surface area contributed by atoms with Gasteiger partial charge in [-0.1, -0.05) is 37.3 Å². The number of carbonyl (C=O) groups excluding carboxylic acids is 3. The summed E-state index contributed by atoms with van der Waals surface area (Å²) in [6.45, 7) is 2.59. The van der Waals surface area contributed by atoms with Crippen molar-refractivity contribution in [3.8, 4) is 0 Å². The number of hydrogen-bond acceptors (Lipinski definition) is 3. The van der Waals surface area contributed by atoms with Crippen molar-refractivity contribution in [2.75, 3.05) is 11.4 Å². The van der Waals surface area contributed by atoms with Crippen LogP contribution in [-0.4, -0.2) is 24.3 Å². The third kappa shape index (κ3) is 3.76. The van der Waals surface area contributed by atoms with Gasteiger partial charge in [0.15, 0.2) is 0 Å². The number of nitrogens with one attached hydrogen (secondary N) is 1. The van der Waals surface area contributed by atoms with Crippen LogP contribution in [0.25, 0.3) is 0 Å². The van der Waals surface area contributed by atoms with Crippen molar-refractivity contribution in [3.63, 3.8) is 0 Å². The van der Waals surface area contributed by atoms with Gasteiger partial charge in [-0.05, 0) is 35.7 Å². The SMILES string of the molecule is CC(CNC(=O)c1ccc(N2C(=O)CCC2=O)cc1)c1ccccc1. The lowest BCUT2D eigenvalue weighted by Gasteiger charge is -2.15. The van der Waals surface area contributed by atoms with Crippen molar-refractivity contribution in [2.45, 2.75) is 25.7 Å². The molecular weight excluding hydrogens is 316 g/mol. The van der Waals surface area contributed by atoms with E-state index in [4.69, 9.17) is 0 Å². The fraction of sp³-hybridized carbons (Fsp3) is 0.250. The number of rotatable bonds is 5. The molecule has 1 heterocycles. The minimum atomic E-state index is -0.195. The van der Waals surface area contributed by atoms with E-state index in [0.29, 0.717) is 17.8 Å². The van der Waals surface area contributed by atoms with Crippen LogP contribution in [0.2, 0.25) is 0 Å². The maximum atomic E-state index is 12.3. The summed E-state index contributed by atoms with van der Waals surface area (Å²) in [6, 6.07) is 16.5. The van der Waals surface area contributed by atoms with Crippen molar-refractivity contribution in [2.24, 2.45) is 0 Å². The van der Waals surface area contributed by atoms with E-state index in [1.54, 1.807) is 24.3 Å².